The number of carboxylic acids is 1. The van der Waals surface area contributed by atoms with Crippen LogP contribution in [-0.2, 0) is 4.79 Å². The van der Waals surface area contributed by atoms with Crippen molar-refractivity contribution in [2.45, 2.75) is 65.0 Å². The van der Waals surface area contributed by atoms with E-state index in [9.17, 15) is 4.79 Å². The fourth-order valence-corrected chi connectivity index (χ4v) is 2.54. The van der Waals surface area contributed by atoms with Gasteiger partial charge in [0.25, 0.3) is 0 Å². The van der Waals surface area contributed by atoms with Crippen molar-refractivity contribution in [3.8, 4) is 0 Å². The molecule has 0 bridgehead atoms. The minimum absolute atomic E-state index is 0.0504. The van der Waals surface area contributed by atoms with Crippen LogP contribution in [0.3, 0.4) is 0 Å². The minimum atomic E-state index is -0.712. The first-order chi connectivity index (χ1) is 7.52. The number of rotatable bonds is 5. The molecule has 1 saturated carbocycles. The molecule has 1 aliphatic rings. The lowest BCUT2D eigenvalue weighted by Gasteiger charge is -2.31. The first-order valence-corrected chi connectivity index (χ1v) is 6.51. The summed E-state index contributed by atoms with van der Waals surface area (Å²) in [6, 6.07) is 0.492. The van der Waals surface area contributed by atoms with Crippen LogP contribution in [0, 0.1) is 11.8 Å². The smallest absolute Gasteiger partial charge is 0.307 e. The van der Waals surface area contributed by atoms with Gasteiger partial charge in [0.05, 0.1) is 5.92 Å². The van der Waals surface area contributed by atoms with Crippen LogP contribution in [-0.4, -0.2) is 23.2 Å². The number of aliphatic carboxylic acids is 1. The zero-order chi connectivity index (χ0) is 12.1. The first kappa shape index (κ1) is 13.5. The van der Waals surface area contributed by atoms with Gasteiger partial charge in [-0.25, -0.2) is 0 Å². The van der Waals surface area contributed by atoms with Crippen molar-refractivity contribution >= 4 is 5.97 Å². The molecule has 0 aliphatic heterocycles. The second-order valence-corrected chi connectivity index (χ2v) is 5.27. The van der Waals surface area contributed by atoms with Crippen LogP contribution in [0.2, 0.25) is 0 Å². The number of hydrogen-bond acceptors (Lipinski definition) is 2. The summed E-state index contributed by atoms with van der Waals surface area (Å²) in [5.74, 6) is -0.293. The molecule has 1 aliphatic carbocycles. The second-order valence-electron chi connectivity index (χ2n) is 5.27. The molecule has 0 aromatic carbocycles. The molecule has 2 N–H and O–H groups in total. The SMILES string of the molecule is CC(NC(C)C(C)C(=O)O)C1CCCCC1. The highest BCUT2D eigenvalue weighted by Crippen LogP contribution is 2.26. The quantitative estimate of drug-likeness (QED) is 0.759. The number of carboxylic acid groups (broad SMARTS) is 1. The first-order valence-electron chi connectivity index (χ1n) is 6.51. The Morgan fingerprint density at radius 2 is 1.75 bits per heavy atom. The van der Waals surface area contributed by atoms with E-state index >= 15 is 0 Å². The molecule has 94 valence electrons. The van der Waals surface area contributed by atoms with E-state index in [4.69, 9.17) is 5.11 Å². The largest absolute Gasteiger partial charge is 0.481 e. The van der Waals surface area contributed by atoms with Gasteiger partial charge in [-0.3, -0.25) is 4.79 Å². The van der Waals surface area contributed by atoms with Gasteiger partial charge in [-0.2, -0.15) is 0 Å². The van der Waals surface area contributed by atoms with E-state index in [1.807, 2.05) is 6.92 Å². The van der Waals surface area contributed by atoms with Gasteiger partial charge in [0.15, 0.2) is 0 Å². The molecule has 16 heavy (non-hydrogen) atoms. The summed E-state index contributed by atoms with van der Waals surface area (Å²) in [7, 11) is 0. The molecule has 0 aromatic heterocycles. The van der Waals surface area contributed by atoms with Crippen molar-refractivity contribution in [2.24, 2.45) is 11.8 Å². The van der Waals surface area contributed by atoms with Gasteiger partial charge < -0.3 is 10.4 Å². The summed E-state index contributed by atoms with van der Waals surface area (Å²) in [5, 5.41) is 12.4. The van der Waals surface area contributed by atoms with Gasteiger partial charge in [-0.1, -0.05) is 26.2 Å². The molecule has 3 unspecified atom stereocenters. The Kier molecular flexibility index (Phi) is 5.26. The van der Waals surface area contributed by atoms with E-state index < -0.39 is 5.97 Å². The van der Waals surface area contributed by atoms with Crippen molar-refractivity contribution in [2.75, 3.05) is 0 Å². The van der Waals surface area contributed by atoms with E-state index in [-0.39, 0.29) is 12.0 Å². The highest BCUT2D eigenvalue weighted by molar-refractivity contribution is 5.70. The molecular weight excluding hydrogens is 202 g/mol. The maximum atomic E-state index is 10.9. The van der Waals surface area contributed by atoms with Crippen LogP contribution in [0.4, 0.5) is 0 Å². The van der Waals surface area contributed by atoms with Crippen LogP contribution >= 0.6 is 0 Å². The van der Waals surface area contributed by atoms with E-state index in [1.165, 1.54) is 32.1 Å². The molecule has 0 amide bonds. The molecule has 0 aromatic rings. The maximum Gasteiger partial charge on any atom is 0.307 e. The standard InChI is InChI=1S/C13H25NO2/c1-9(13(15)16)10(2)14-11(3)12-7-5-4-6-8-12/h9-12,14H,4-8H2,1-3H3,(H,15,16). The number of hydrogen-bond donors (Lipinski definition) is 2. The van der Waals surface area contributed by atoms with Crippen molar-refractivity contribution in [3.63, 3.8) is 0 Å². The monoisotopic (exact) mass is 227 g/mol. The minimum Gasteiger partial charge on any atom is -0.481 e. The Labute approximate surface area is 98.6 Å². The summed E-state index contributed by atoms with van der Waals surface area (Å²) in [4.78, 5) is 10.9. The number of nitrogens with one attached hydrogen (secondary N) is 1. The highest BCUT2D eigenvalue weighted by Gasteiger charge is 2.25. The molecule has 3 nitrogen and oxygen atoms in total. The lowest BCUT2D eigenvalue weighted by Crippen LogP contribution is -2.44. The van der Waals surface area contributed by atoms with Crippen molar-refractivity contribution < 1.29 is 9.90 Å². The zero-order valence-corrected chi connectivity index (χ0v) is 10.7. The van der Waals surface area contributed by atoms with E-state index in [0.29, 0.717) is 6.04 Å². The summed E-state index contributed by atoms with van der Waals surface area (Å²) in [5.41, 5.74) is 0. The van der Waals surface area contributed by atoms with Crippen LogP contribution in [0.1, 0.15) is 52.9 Å². The van der Waals surface area contributed by atoms with Gasteiger partial charge in [0.1, 0.15) is 0 Å². The van der Waals surface area contributed by atoms with Crippen LogP contribution in [0.25, 0.3) is 0 Å². The Bertz CT molecular complexity index is 224. The molecule has 0 spiro atoms. The van der Waals surface area contributed by atoms with Gasteiger partial charge >= 0.3 is 5.97 Å². The van der Waals surface area contributed by atoms with Crippen molar-refractivity contribution in [1.82, 2.24) is 5.32 Å². The normalized spacial score (nSPS) is 23.7. The van der Waals surface area contributed by atoms with Crippen molar-refractivity contribution in [1.29, 1.82) is 0 Å². The third kappa shape index (κ3) is 3.78. The predicted octanol–water partition coefficient (Wildman–Crippen LogP) is 2.65. The topological polar surface area (TPSA) is 49.3 Å². The maximum absolute atomic E-state index is 10.9. The fraction of sp³-hybridized carbons (Fsp3) is 0.923. The van der Waals surface area contributed by atoms with E-state index in [0.717, 1.165) is 5.92 Å². The van der Waals surface area contributed by atoms with E-state index in [2.05, 4.69) is 12.2 Å². The molecule has 1 fully saturated rings. The van der Waals surface area contributed by atoms with Gasteiger partial charge in [-0.15, -0.1) is 0 Å². The average Bonchev–Trinajstić information content (AvgIpc) is 2.28. The molecule has 0 radical (unpaired) electrons. The predicted molar refractivity (Wildman–Crippen MR) is 65.4 cm³/mol. The van der Waals surface area contributed by atoms with Crippen LogP contribution in [0.15, 0.2) is 0 Å². The summed E-state index contributed by atoms with van der Waals surface area (Å²) in [6.45, 7) is 5.94. The summed E-state index contributed by atoms with van der Waals surface area (Å²) in [6.07, 6.45) is 6.62. The Balaban J connectivity index is 2.37. The molecule has 3 heteroatoms. The highest BCUT2D eigenvalue weighted by atomic mass is 16.4. The Hall–Kier alpha value is -0.570. The molecule has 0 heterocycles. The molecule has 0 saturated heterocycles. The zero-order valence-electron chi connectivity index (χ0n) is 10.7. The molecular formula is C13H25NO2. The number of carbonyl (C=O) groups is 1. The third-order valence-corrected chi connectivity index (χ3v) is 4.02. The third-order valence-electron chi connectivity index (χ3n) is 4.02. The average molecular weight is 227 g/mol. The Morgan fingerprint density at radius 1 is 1.19 bits per heavy atom. The second kappa shape index (κ2) is 6.24. The summed E-state index contributed by atoms with van der Waals surface area (Å²) < 4.78 is 0. The summed E-state index contributed by atoms with van der Waals surface area (Å²) >= 11 is 0. The Morgan fingerprint density at radius 3 is 2.25 bits per heavy atom. The molecule has 1 rings (SSSR count). The lowest BCUT2D eigenvalue weighted by molar-refractivity contribution is -0.142. The van der Waals surface area contributed by atoms with Gasteiger partial charge in [-0.05, 0) is 32.6 Å². The van der Waals surface area contributed by atoms with E-state index in [1.54, 1.807) is 6.92 Å². The van der Waals surface area contributed by atoms with Crippen LogP contribution in [0.5, 0.6) is 0 Å². The fourth-order valence-electron chi connectivity index (χ4n) is 2.54. The van der Waals surface area contributed by atoms with Crippen LogP contribution < -0.4 is 5.32 Å². The van der Waals surface area contributed by atoms with Gasteiger partial charge in [0.2, 0.25) is 0 Å². The molecule has 3 atom stereocenters. The lowest BCUT2D eigenvalue weighted by atomic mass is 9.84. The van der Waals surface area contributed by atoms with Crippen molar-refractivity contribution in [3.05, 3.63) is 0 Å². The van der Waals surface area contributed by atoms with Gasteiger partial charge in [0, 0.05) is 12.1 Å².